The molecule has 1 aromatic carbocycles. The molecule has 28 heavy (non-hydrogen) atoms. The summed E-state index contributed by atoms with van der Waals surface area (Å²) in [6.07, 6.45) is 9.21. The summed E-state index contributed by atoms with van der Waals surface area (Å²) in [5.41, 5.74) is 0.529. The molecular formula is C20H30N2O4S2. The molecule has 0 aromatic heterocycles. The van der Waals surface area contributed by atoms with Gasteiger partial charge in [0.15, 0.2) is 0 Å². The van der Waals surface area contributed by atoms with E-state index in [2.05, 4.69) is 9.44 Å². The van der Waals surface area contributed by atoms with Gasteiger partial charge in [-0.1, -0.05) is 61.6 Å². The topological polar surface area (TPSA) is 92.3 Å². The molecule has 0 bridgehead atoms. The van der Waals surface area contributed by atoms with Crippen molar-refractivity contribution >= 4 is 20.0 Å². The SMILES string of the molecule is CC(C)S(=O)(=O)NC[C@H](C)C1(CNS(C)(=O)=O)C=CC(c2ccccc2)C=C1. The van der Waals surface area contributed by atoms with Crippen molar-refractivity contribution in [3.63, 3.8) is 0 Å². The van der Waals surface area contributed by atoms with Crippen LogP contribution in [0.3, 0.4) is 0 Å². The second-order valence-electron chi connectivity index (χ2n) is 7.70. The molecule has 0 spiro atoms. The van der Waals surface area contributed by atoms with E-state index in [9.17, 15) is 16.8 Å². The van der Waals surface area contributed by atoms with E-state index in [4.69, 9.17) is 0 Å². The molecule has 2 rings (SSSR count). The summed E-state index contributed by atoms with van der Waals surface area (Å²) in [6, 6.07) is 10.0. The number of nitrogens with one attached hydrogen (secondary N) is 2. The van der Waals surface area contributed by atoms with Crippen molar-refractivity contribution in [1.82, 2.24) is 9.44 Å². The van der Waals surface area contributed by atoms with Gasteiger partial charge in [0.2, 0.25) is 20.0 Å². The summed E-state index contributed by atoms with van der Waals surface area (Å²) in [4.78, 5) is 0. The minimum Gasteiger partial charge on any atom is -0.215 e. The zero-order valence-electron chi connectivity index (χ0n) is 16.8. The molecule has 2 N–H and O–H groups in total. The minimum atomic E-state index is -3.39. The molecule has 0 saturated heterocycles. The van der Waals surface area contributed by atoms with Crippen molar-refractivity contribution in [2.45, 2.75) is 31.9 Å². The van der Waals surface area contributed by atoms with Crippen molar-refractivity contribution in [3.8, 4) is 0 Å². The zero-order valence-corrected chi connectivity index (χ0v) is 18.4. The van der Waals surface area contributed by atoms with Crippen molar-refractivity contribution in [3.05, 3.63) is 60.2 Å². The van der Waals surface area contributed by atoms with Crippen LogP contribution in [0.5, 0.6) is 0 Å². The van der Waals surface area contributed by atoms with E-state index in [0.717, 1.165) is 11.8 Å². The lowest BCUT2D eigenvalue weighted by molar-refractivity contribution is 0.315. The molecule has 0 amide bonds. The Hall–Kier alpha value is -1.48. The third kappa shape index (κ3) is 6.01. The lowest BCUT2D eigenvalue weighted by Gasteiger charge is -2.37. The fraction of sp³-hybridized carbons (Fsp3) is 0.500. The highest BCUT2D eigenvalue weighted by Gasteiger charge is 2.35. The molecular weight excluding hydrogens is 396 g/mol. The van der Waals surface area contributed by atoms with Gasteiger partial charge in [0.1, 0.15) is 0 Å². The second-order valence-corrected chi connectivity index (χ2v) is 11.9. The molecule has 0 heterocycles. The predicted octanol–water partition coefficient (Wildman–Crippen LogP) is 2.40. The number of benzene rings is 1. The first-order valence-electron chi connectivity index (χ1n) is 9.32. The van der Waals surface area contributed by atoms with Crippen molar-refractivity contribution in [2.24, 2.45) is 11.3 Å². The first-order chi connectivity index (χ1) is 13.0. The smallest absolute Gasteiger partial charge is 0.213 e. The predicted molar refractivity (Wildman–Crippen MR) is 114 cm³/mol. The summed E-state index contributed by atoms with van der Waals surface area (Å²) in [6.45, 7) is 5.56. The van der Waals surface area contributed by atoms with Crippen LogP contribution in [0.25, 0.3) is 0 Å². The maximum Gasteiger partial charge on any atom is 0.213 e. The number of rotatable bonds is 9. The highest BCUT2D eigenvalue weighted by Crippen LogP contribution is 2.37. The van der Waals surface area contributed by atoms with Crippen LogP contribution in [0, 0.1) is 11.3 Å². The highest BCUT2D eigenvalue weighted by molar-refractivity contribution is 7.90. The fourth-order valence-corrected chi connectivity index (χ4v) is 4.39. The molecule has 156 valence electrons. The fourth-order valence-electron chi connectivity index (χ4n) is 3.06. The maximum atomic E-state index is 12.1. The summed E-state index contributed by atoms with van der Waals surface area (Å²) >= 11 is 0. The van der Waals surface area contributed by atoms with E-state index in [1.165, 1.54) is 0 Å². The first-order valence-corrected chi connectivity index (χ1v) is 12.8. The molecule has 0 saturated carbocycles. The average Bonchev–Trinajstić information content (AvgIpc) is 2.65. The maximum absolute atomic E-state index is 12.1. The van der Waals surface area contributed by atoms with Crippen molar-refractivity contribution in [2.75, 3.05) is 19.3 Å². The Morgan fingerprint density at radius 1 is 0.964 bits per heavy atom. The van der Waals surface area contributed by atoms with E-state index in [-0.39, 0.29) is 24.9 Å². The minimum absolute atomic E-state index is 0.104. The Morgan fingerprint density at radius 2 is 1.54 bits per heavy atom. The summed E-state index contributed by atoms with van der Waals surface area (Å²) in [5.74, 6) is -0.0494. The van der Waals surface area contributed by atoms with E-state index in [1.54, 1.807) is 13.8 Å². The Kier molecular flexibility index (Phi) is 7.25. The van der Waals surface area contributed by atoms with E-state index < -0.39 is 30.7 Å². The van der Waals surface area contributed by atoms with Crippen LogP contribution in [0.4, 0.5) is 0 Å². The molecule has 6 nitrogen and oxygen atoms in total. The number of allylic oxidation sites excluding steroid dienone is 2. The van der Waals surface area contributed by atoms with Gasteiger partial charge in [-0.15, -0.1) is 0 Å². The van der Waals surface area contributed by atoms with Gasteiger partial charge in [0, 0.05) is 24.4 Å². The van der Waals surface area contributed by atoms with Crippen LogP contribution in [0.1, 0.15) is 32.3 Å². The van der Waals surface area contributed by atoms with Crippen LogP contribution in [0.2, 0.25) is 0 Å². The molecule has 1 atom stereocenters. The molecule has 1 aliphatic carbocycles. The van der Waals surface area contributed by atoms with Gasteiger partial charge in [0.25, 0.3) is 0 Å². The quantitative estimate of drug-likeness (QED) is 0.593. The molecule has 1 aliphatic rings. The van der Waals surface area contributed by atoms with Gasteiger partial charge >= 0.3 is 0 Å². The number of hydrogen-bond donors (Lipinski definition) is 2. The third-order valence-electron chi connectivity index (χ3n) is 5.18. The van der Waals surface area contributed by atoms with Crippen LogP contribution in [-0.2, 0) is 20.0 Å². The van der Waals surface area contributed by atoms with Gasteiger partial charge in [-0.25, -0.2) is 26.3 Å². The van der Waals surface area contributed by atoms with E-state index in [1.807, 2.05) is 61.6 Å². The molecule has 1 aromatic rings. The van der Waals surface area contributed by atoms with Gasteiger partial charge in [0.05, 0.1) is 11.5 Å². The lowest BCUT2D eigenvalue weighted by atomic mass is 9.72. The summed E-state index contributed by atoms with van der Waals surface area (Å²) in [5, 5.41) is -0.523. The Labute approximate surface area is 169 Å². The Bertz CT molecular complexity index is 906. The monoisotopic (exact) mass is 426 g/mol. The zero-order chi connectivity index (χ0) is 21.0. The summed E-state index contributed by atoms with van der Waals surface area (Å²) < 4.78 is 52.8. The van der Waals surface area contributed by atoms with E-state index >= 15 is 0 Å². The normalized spacial score (nSPS) is 23.8. The molecule has 0 aliphatic heterocycles. The van der Waals surface area contributed by atoms with Crippen LogP contribution in [-0.4, -0.2) is 41.4 Å². The lowest BCUT2D eigenvalue weighted by Crippen LogP contribution is -2.44. The van der Waals surface area contributed by atoms with Gasteiger partial charge < -0.3 is 0 Å². The third-order valence-corrected chi connectivity index (χ3v) is 7.66. The van der Waals surface area contributed by atoms with Gasteiger partial charge in [-0.05, 0) is 25.3 Å². The van der Waals surface area contributed by atoms with Crippen molar-refractivity contribution in [1.29, 1.82) is 0 Å². The first kappa shape index (κ1) is 22.8. The van der Waals surface area contributed by atoms with Crippen molar-refractivity contribution < 1.29 is 16.8 Å². The summed E-state index contributed by atoms with van der Waals surface area (Å²) in [7, 11) is -6.77. The Morgan fingerprint density at radius 3 is 2.04 bits per heavy atom. The molecule has 8 heteroatoms. The van der Waals surface area contributed by atoms with Crippen LogP contribution < -0.4 is 9.44 Å². The number of sulfonamides is 2. The highest BCUT2D eigenvalue weighted by atomic mass is 32.2. The van der Waals surface area contributed by atoms with Gasteiger partial charge in [-0.3, -0.25) is 0 Å². The largest absolute Gasteiger partial charge is 0.215 e. The van der Waals surface area contributed by atoms with E-state index in [0.29, 0.717) is 0 Å². The molecule has 0 unspecified atom stereocenters. The van der Waals surface area contributed by atoms with Crippen LogP contribution in [0.15, 0.2) is 54.6 Å². The average molecular weight is 427 g/mol. The Balaban J connectivity index is 2.23. The van der Waals surface area contributed by atoms with Crippen LogP contribution >= 0.6 is 0 Å². The standard InChI is InChI=1S/C20H30N2O4S2/c1-16(2)28(25,26)21-14-17(3)20(15-22-27(4,23)24)12-10-19(11-13-20)18-8-6-5-7-9-18/h5-13,16-17,19,21-22H,14-15H2,1-4H3/t17-,19?,20?/m0/s1. The molecule has 0 radical (unpaired) electrons. The van der Waals surface area contributed by atoms with Gasteiger partial charge in [-0.2, -0.15) is 0 Å². The number of hydrogen-bond acceptors (Lipinski definition) is 4. The second kappa shape index (κ2) is 8.90. The molecule has 0 fully saturated rings.